The monoisotopic (exact) mass is 324 g/mol. The first kappa shape index (κ1) is 16.6. The quantitative estimate of drug-likeness (QED) is 0.818. The lowest BCUT2D eigenvalue weighted by Gasteiger charge is -2.12. The average Bonchev–Trinajstić information content (AvgIpc) is 3.04. The predicted molar refractivity (Wildman–Crippen MR) is 84.8 cm³/mol. The first-order valence-electron chi connectivity index (χ1n) is 7.53. The third-order valence-electron chi connectivity index (χ3n) is 3.98. The molecule has 22 heavy (non-hydrogen) atoms. The Bertz CT molecular complexity index is 542. The molecule has 0 saturated heterocycles. The van der Waals surface area contributed by atoms with Gasteiger partial charge < -0.3 is 4.74 Å². The van der Waals surface area contributed by atoms with Crippen LogP contribution < -0.4 is 15.6 Å². The molecule has 1 aliphatic rings. The van der Waals surface area contributed by atoms with Crippen molar-refractivity contribution in [3.8, 4) is 5.75 Å². The van der Waals surface area contributed by atoms with E-state index in [1.165, 1.54) is 38.9 Å². The van der Waals surface area contributed by atoms with Crippen LogP contribution in [0.1, 0.15) is 48.9 Å². The van der Waals surface area contributed by atoms with Crippen molar-refractivity contribution in [3.05, 3.63) is 28.8 Å². The highest BCUT2D eigenvalue weighted by Gasteiger charge is 2.17. The van der Waals surface area contributed by atoms with Crippen molar-refractivity contribution in [2.75, 3.05) is 7.11 Å². The van der Waals surface area contributed by atoms with Crippen molar-refractivity contribution >= 4 is 23.4 Å². The van der Waals surface area contributed by atoms with Gasteiger partial charge in [0.05, 0.1) is 12.7 Å². The van der Waals surface area contributed by atoms with Gasteiger partial charge in [-0.25, -0.2) is 0 Å². The molecule has 1 aliphatic carbocycles. The summed E-state index contributed by atoms with van der Waals surface area (Å²) in [6.07, 6.45) is 6.24. The van der Waals surface area contributed by atoms with Gasteiger partial charge in [0.1, 0.15) is 5.75 Å². The molecule has 120 valence electrons. The summed E-state index contributed by atoms with van der Waals surface area (Å²) in [6.45, 7) is 0. The van der Waals surface area contributed by atoms with E-state index < -0.39 is 5.91 Å². The van der Waals surface area contributed by atoms with Gasteiger partial charge in [-0.3, -0.25) is 20.4 Å². The lowest BCUT2D eigenvalue weighted by molar-refractivity contribution is -0.122. The van der Waals surface area contributed by atoms with Gasteiger partial charge in [0.15, 0.2) is 0 Å². The highest BCUT2D eigenvalue weighted by atomic mass is 35.5. The van der Waals surface area contributed by atoms with E-state index in [0.29, 0.717) is 23.1 Å². The summed E-state index contributed by atoms with van der Waals surface area (Å²) < 4.78 is 5.11. The van der Waals surface area contributed by atoms with Crippen molar-refractivity contribution < 1.29 is 14.3 Å². The molecule has 5 nitrogen and oxygen atoms in total. The van der Waals surface area contributed by atoms with Crippen LogP contribution in [0.5, 0.6) is 5.75 Å². The first-order chi connectivity index (χ1) is 10.6. The molecule has 0 heterocycles. The summed E-state index contributed by atoms with van der Waals surface area (Å²) in [4.78, 5) is 23.9. The molecule has 0 aliphatic heterocycles. The minimum absolute atomic E-state index is 0.179. The number of benzene rings is 1. The smallest absolute Gasteiger partial charge is 0.273 e. The van der Waals surface area contributed by atoms with Gasteiger partial charge in [-0.1, -0.05) is 37.3 Å². The van der Waals surface area contributed by atoms with E-state index in [0.717, 1.165) is 6.42 Å². The number of carbonyl (C=O) groups excluding carboxylic acids is 2. The van der Waals surface area contributed by atoms with E-state index in [1.807, 2.05) is 0 Å². The normalized spacial score (nSPS) is 14.6. The molecule has 1 aromatic carbocycles. The highest BCUT2D eigenvalue weighted by Crippen LogP contribution is 2.28. The molecule has 1 saturated carbocycles. The van der Waals surface area contributed by atoms with E-state index in [9.17, 15) is 9.59 Å². The average molecular weight is 325 g/mol. The molecule has 1 aromatic rings. The molecule has 0 spiro atoms. The Kier molecular flexibility index (Phi) is 6.07. The second-order valence-corrected chi connectivity index (χ2v) is 5.97. The molecular weight excluding hydrogens is 304 g/mol. The fourth-order valence-electron chi connectivity index (χ4n) is 2.75. The zero-order valence-corrected chi connectivity index (χ0v) is 13.4. The highest BCUT2D eigenvalue weighted by molar-refractivity contribution is 6.31. The van der Waals surface area contributed by atoms with Gasteiger partial charge in [-0.05, 0) is 30.5 Å². The molecule has 2 amide bonds. The van der Waals surface area contributed by atoms with E-state index in [-0.39, 0.29) is 11.5 Å². The van der Waals surface area contributed by atoms with Crippen LogP contribution in [0.15, 0.2) is 18.2 Å². The Hall–Kier alpha value is -1.75. The third-order valence-corrected chi connectivity index (χ3v) is 4.21. The maximum atomic E-state index is 12.1. The number of rotatable bonds is 5. The molecule has 1 fully saturated rings. The topological polar surface area (TPSA) is 67.4 Å². The largest absolute Gasteiger partial charge is 0.496 e. The fourth-order valence-corrected chi connectivity index (χ4v) is 2.92. The Balaban J connectivity index is 1.81. The molecule has 6 heteroatoms. The van der Waals surface area contributed by atoms with Crippen LogP contribution in [0, 0.1) is 5.92 Å². The molecule has 0 unspecified atom stereocenters. The number of methoxy groups -OCH3 is 1. The summed E-state index contributed by atoms with van der Waals surface area (Å²) in [7, 11) is 1.47. The van der Waals surface area contributed by atoms with Crippen LogP contribution in [0.25, 0.3) is 0 Å². The van der Waals surface area contributed by atoms with Crippen LogP contribution >= 0.6 is 11.6 Å². The van der Waals surface area contributed by atoms with Crippen molar-refractivity contribution in [1.29, 1.82) is 0 Å². The minimum atomic E-state index is -0.450. The van der Waals surface area contributed by atoms with E-state index >= 15 is 0 Å². The molecular formula is C16H21ClN2O3. The van der Waals surface area contributed by atoms with Gasteiger partial charge in [-0.15, -0.1) is 0 Å². The molecule has 2 rings (SSSR count). The first-order valence-corrected chi connectivity index (χ1v) is 7.90. The lowest BCUT2D eigenvalue weighted by Crippen LogP contribution is -2.41. The summed E-state index contributed by atoms with van der Waals surface area (Å²) >= 11 is 5.88. The lowest BCUT2D eigenvalue weighted by atomic mass is 10.0. The second-order valence-electron chi connectivity index (χ2n) is 5.54. The molecule has 0 aromatic heterocycles. The molecule has 0 bridgehead atoms. The van der Waals surface area contributed by atoms with Crippen LogP contribution in [-0.2, 0) is 4.79 Å². The van der Waals surface area contributed by atoms with Crippen molar-refractivity contribution in [2.24, 2.45) is 5.92 Å². The second kappa shape index (κ2) is 8.03. The number of carbonyl (C=O) groups is 2. The Morgan fingerprint density at radius 3 is 2.68 bits per heavy atom. The molecule has 2 N–H and O–H groups in total. The maximum absolute atomic E-state index is 12.1. The Morgan fingerprint density at radius 1 is 1.27 bits per heavy atom. The summed E-state index contributed by atoms with van der Waals surface area (Å²) in [5.74, 6) is 0.423. The number of ether oxygens (including phenoxy) is 1. The van der Waals surface area contributed by atoms with Gasteiger partial charge in [0, 0.05) is 11.4 Å². The third kappa shape index (κ3) is 4.63. The summed E-state index contributed by atoms with van der Waals surface area (Å²) in [5, 5.41) is 0.429. The Labute approximate surface area is 135 Å². The van der Waals surface area contributed by atoms with Gasteiger partial charge in [0.25, 0.3) is 5.91 Å². The summed E-state index contributed by atoms with van der Waals surface area (Å²) in [5.41, 5.74) is 5.12. The standard InChI is InChI=1S/C16H21ClN2O3/c1-22-14-8-7-12(17)10-13(14)16(21)19-18-15(20)9-6-11-4-2-3-5-11/h7-8,10-11H,2-6,9H2,1H3,(H,18,20)(H,19,21). The zero-order chi connectivity index (χ0) is 15.9. The number of halogens is 1. The molecule has 0 radical (unpaired) electrons. The van der Waals surface area contributed by atoms with Gasteiger partial charge >= 0.3 is 0 Å². The van der Waals surface area contributed by atoms with Crippen molar-refractivity contribution in [3.63, 3.8) is 0 Å². The van der Waals surface area contributed by atoms with Gasteiger partial charge in [0.2, 0.25) is 5.91 Å². The van der Waals surface area contributed by atoms with E-state index in [4.69, 9.17) is 16.3 Å². The number of hydrogen-bond donors (Lipinski definition) is 2. The zero-order valence-electron chi connectivity index (χ0n) is 12.7. The SMILES string of the molecule is COc1ccc(Cl)cc1C(=O)NNC(=O)CCC1CCCC1. The van der Waals surface area contributed by atoms with Crippen molar-refractivity contribution in [2.45, 2.75) is 38.5 Å². The van der Waals surface area contributed by atoms with Crippen LogP contribution in [0.4, 0.5) is 0 Å². The number of hydrogen-bond acceptors (Lipinski definition) is 3. The molecule has 0 atom stereocenters. The van der Waals surface area contributed by atoms with Gasteiger partial charge in [-0.2, -0.15) is 0 Å². The predicted octanol–water partition coefficient (Wildman–Crippen LogP) is 3.08. The maximum Gasteiger partial charge on any atom is 0.273 e. The minimum Gasteiger partial charge on any atom is -0.496 e. The fraction of sp³-hybridized carbons (Fsp3) is 0.500. The van der Waals surface area contributed by atoms with Crippen molar-refractivity contribution in [1.82, 2.24) is 10.9 Å². The number of hydrazine groups is 1. The number of nitrogens with one attached hydrogen (secondary N) is 2. The summed E-state index contributed by atoms with van der Waals surface area (Å²) in [6, 6.07) is 4.75. The van der Waals surface area contributed by atoms with E-state index in [2.05, 4.69) is 10.9 Å². The van der Waals surface area contributed by atoms with Crippen LogP contribution in [-0.4, -0.2) is 18.9 Å². The Morgan fingerprint density at radius 2 is 2.00 bits per heavy atom. The van der Waals surface area contributed by atoms with Crippen LogP contribution in [0.2, 0.25) is 5.02 Å². The van der Waals surface area contributed by atoms with E-state index in [1.54, 1.807) is 12.1 Å². The van der Waals surface area contributed by atoms with Crippen LogP contribution in [0.3, 0.4) is 0 Å². The number of amides is 2.